The molecule has 1 fully saturated rings. The molecule has 22 heavy (non-hydrogen) atoms. The van der Waals surface area contributed by atoms with E-state index in [2.05, 4.69) is 5.32 Å². The van der Waals surface area contributed by atoms with E-state index in [1.165, 1.54) is 0 Å². The van der Waals surface area contributed by atoms with Gasteiger partial charge < -0.3 is 20.1 Å². The smallest absolute Gasteiger partial charge is 0.317 e. The van der Waals surface area contributed by atoms with Crippen LogP contribution in [0.3, 0.4) is 0 Å². The van der Waals surface area contributed by atoms with Crippen LogP contribution in [0.5, 0.6) is 0 Å². The third-order valence-corrected chi connectivity index (χ3v) is 4.17. The number of likely N-dealkylation sites (tertiary alicyclic amines) is 1. The van der Waals surface area contributed by atoms with Gasteiger partial charge in [-0.15, -0.1) is 0 Å². The Bertz CT molecular complexity index is 471. The molecule has 1 aromatic carbocycles. The molecule has 1 aliphatic rings. The zero-order valence-corrected chi connectivity index (χ0v) is 13.3. The van der Waals surface area contributed by atoms with Gasteiger partial charge in [-0.05, 0) is 36.8 Å². The average Bonchev–Trinajstić information content (AvgIpc) is 2.58. The number of ether oxygens (including phenoxy) is 1. The monoisotopic (exact) mass is 306 g/mol. The molecule has 1 saturated heterocycles. The van der Waals surface area contributed by atoms with Gasteiger partial charge >= 0.3 is 6.03 Å². The number of hydrogen-bond donors (Lipinski definition) is 2. The zero-order valence-electron chi connectivity index (χ0n) is 13.3. The molecule has 0 bridgehead atoms. The lowest BCUT2D eigenvalue weighted by Gasteiger charge is -2.31. The lowest BCUT2D eigenvalue weighted by atomic mass is 9.98. The molecule has 122 valence electrons. The Morgan fingerprint density at radius 3 is 2.64 bits per heavy atom. The number of nitrogens with zero attached hydrogens (tertiary/aromatic N) is 1. The zero-order chi connectivity index (χ0) is 15.8. The van der Waals surface area contributed by atoms with Gasteiger partial charge in [0.05, 0.1) is 6.61 Å². The predicted molar refractivity (Wildman–Crippen MR) is 85.4 cm³/mol. The maximum Gasteiger partial charge on any atom is 0.317 e. The lowest BCUT2D eigenvalue weighted by molar-refractivity contribution is 0.132. The fourth-order valence-corrected chi connectivity index (χ4v) is 2.68. The van der Waals surface area contributed by atoms with Gasteiger partial charge in [-0.1, -0.05) is 24.3 Å². The fourth-order valence-electron chi connectivity index (χ4n) is 2.68. The van der Waals surface area contributed by atoms with Crippen LogP contribution in [0.1, 0.15) is 30.9 Å². The van der Waals surface area contributed by atoms with Crippen LogP contribution in [0.2, 0.25) is 0 Å². The number of amides is 2. The summed E-state index contributed by atoms with van der Waals surface area (Å²) in [7, 11) is 0. The number of benzene rings is 1. The summed E-state index contributed by atoms with van der Waals surface area (Å²) in [5.41, 5.74) is 2.21. The first kappa shape index (κ1) is 16.8. The molecule has 1 aliphatic heterocycles. The van der Waals surface area contributed by atoms with Crippen molar-refractivity contribution in [2.75, 3.05) is 26.3 Å². The van der Waals surface area contributed by atoms with Crippen LogP contribution < -0.4 is 5.32 Å². The molecular weight excluding hydrogens is 280 g/mol. The highest BCUT2D eigenvalue weighted by Gasteiger charge is 2.22. The number of hydrogen-bond acceptors (Lipinski definition) is 3. The van der Waals surface area contributed by atoms with E-state index in [1.54, 1.807) is 0 Å². The molecule has 0 radical (unpaired) electrons. The Hall–Kier alpha value is -1.59. The lowest BCUT2D eigenvalue weighted by Crippen LogP contribution is -2.44. The van der Waals surface area contributed by atoms with Crippen LogP contribution in [0.15, 0.2) is 24.3 Å². The molecule has 5 heteroatoms. The Kier molecular flexibility index (Phi) is 6.68. The van der Waals surface area contributed by atoms with Crippen molar-refractivity contribution >= 4 is 6.03 Å². The first-order valence-electron chi connectivity index (χ1n) is 8.02. The number of piperidine rings is 1. The first-order chi connectivity index (χ1) is 10.7. The van der Waals surface area contributed by atoms with Crippen LogP contribution in [0.25, 0.3) is 0 Å². The molecule has 0 spiro atoms. The minimum Gasteiger partial charge on any atom is -0.396 e. The van der Waals surface area contributed by atoms with Crippen LogP contribution in [-0.2, 0) is 17.9 Å². The second kappa shape index (κ2) is 8.76. The summed E-state index contributed by atoms with van der Waals surface area (Å²) in [6.45, 7) is 5.41. The number of carbonyl (C=O) groups excluding carboxylic acids is 1. The fraction of sp³-hybridized carbons (Fsp3) is 0.588. The van der Waals surface area contributed by atoms with E-state index in [1.807, 2.05) is 36.1 Å². The average molecular weight is 306 g/mol. The summed E-state index contributed by atoms with van der Waals surface area (Å²) in [4.78, 5) is 14.0. The summed E-state index contributed by atoms with van der Waals surface area (Å²) in [6, 6.07) is 7.99. The Labute approximate surface area is 132 Å². The van der Waals surface area contributed by atoms with Crippen molar-refractivity contribution in [1.82, 2.24) is 10.2 Å². The van der Waals surface area contributed by atoms with E-state index < -0.39 is 0 Å². The molecule has 1 aromatic rings. The number of urea groups is 1. The van der Waals surface area contributed by atoms with Crippen LogP contribution in [-0.4, -0.2) is 42.3 Å². The molecule has 0 aromatic heterocycles. The topological polar surface area (TPSA) is 61.8 Å². The number of aliphatic hydroxyl groups is 1. The highest BCUT2D eigenvalue weighted by molar-refractivity contribution is 5.74. The van der Waals surface area contributed by atoms with Crippen LogP contribution >= 0.6 is 0 Å². The van der Waals surface area contributed by atoms with E-state index >= 15 is 0 Å². The second-order valence-corrected chi connectivity index (χ2v) is 5.68. The summed E-state index contributed by atoms with van der Waals surface area (Å²) in [5, 5.41) is 12.1. The van der Waals surface area contributed by atoms with Crippen molar-refractivity contribution in [1.29, 1.82) is 0 Å². The number of rotatable bonds is 6. The quantitative estimate of drug-likeness (QED) is 0.846. The van der Waals surface area contributed by atoms with Gasteiger partial charge in [0.2, 0.25) is 0 Å². The standard InChI is InChI=1S/C17H26N2O3/c1-2-22-13-16-6-4-3-5-15(16)11-18-17(21)19-9-7-14(12-20)8-10-19/h3-6,14,20H,2,7-13H2,1H3,(H,18,21). The third kappa shape index (κ3) is 4.71. The molecule has 1 heterocycles. The minimum absolute atomic E-state index is 0.0254. The molecule has 2 rings (SSSR count). The molecule has 0 atom stereocenters. The minimum atomic E-state index is -0.0254. The highest BCUT2D eigenvalue weighted by Crippen LogP contribution is 2.16. The maximum absolute atomic E-state index is 12.2. The van der Waals surface area contributed by atoms with E-state index in [9.17, 15) is 4.79 Å². The normalized spacial score (nSPS) is 15.8. The first-order valence-corrected chi connectivity index (χ1v) is 8.02. The largest absolute Gasteiger partial charge is 0.396 e. The summed E-state index contributed by atoms with van der Waals surface area (Å²) < 4.78 is 5.46. The molecular formula is C17H26N2O3. The predicted octanol–water partition coefficient (Wildman–Crippen LogP) is 2.14. The molecule has 2 N–H and O–H groups in total. The molecule has 2 amide bonds. The second-order valence-electron chi connectivity index (χ2n) is 5.68. The van der Waals surface area contributed by atoms with E-state index in [4.69, 9.17) is 9.84 Å². The summed E-state index contributed by atoms with van der Waals surface area (Å²) in [6.07, 6.45) is 1.76. The number of aliphatic hydroxyl groups excluding tert-OH is 1. The van der Waals surface area contributed by atoms with Gasteiger partial charge in [-0.25, -0.2) is 4.79 Å². The maximum atomic E-state index is 12.2. The van der Waals surface area contributed by atoms with Crippen molar-refractivity contribution < 1.29 is 14.6 Å². The van der Waals surface area contributed by atoms with Crippen molar-refractivity contribution in [3.05, 3.63) is 35.4 Å². The third-order valence-electron chi connectivity index (χ3n) is 4.17. The van der Waals surface area contributed by atoms with E-state index in [0.717, 1.165) is 37.1 Å². The van der Waals surface area contributed by atoms with E-state index in [0.29, 0.717) is 25.7 Å². The summed E-state index contributed by atoms with van der Waals surface area (Å²) in [5.74, 6) is 0.343. The molecule has 0 saturated carbocycles. The number of carbonyl (C=O) groups is 1. The highest BCUT2D eigenvalue weighted by atomic mass is 16.5. The van der Waals surface area contributed by atoms with Crippen molar-refractivity contribution in [2.24, 2.45) is 5.92 Å². The van der Waals surface area contributed by atoms with Gasteiger partial charge in [0.15, 0.2) is 0 Å². The number of nitrogens with one attached hydrogen (secondary N) is 1. The Morgan fingerprint density at radius 2 is 2.00 bits per heavy atom. The van der Waals surface area contributed by atoms with E-state index in [-0.39, 0.29) is 12.6 Å². The summed E-state index contributed by atoms with van der Waals surface area (Å²) >= 11 is 0. The molecule has 5 nitrogen and oxygen atoms in total. The van der Waals surface area contributed by atoms with Gasteiger partial charge in [-0.3, -0.25) is 0 Å². The SMILES string of the molecule is CCOCc1ccccc1CNC(=O)N1CCC(CO)CC1. The van der Waals surface area contributed by atoms with Gasteiger partial charge in [0.25, 0.3) is 0 Å². The van der Waals surface area contributed by atoms with Crippen molar-refractivity contribution in [3.8, 4) is 0 Å². The van der Waals surface area contributed by atoms with Crippen LogP contribution in [0, 0.1) is 5.92 Å². The van der Waals surface area contributed by atoms with Crippen LogP contribution in [0.4, 0.5) is 4.79 Å². The van der Waals surface area contributed by atoms with Crippen molar-refractivity contribution in [2.45, 2.75) is 32.9 Å². The van der Waals surface area contributed by atoms with Gasteiger partial charge in [0, 0.05) is 32.8 Å². The van der Waals surface area contributed by atoms with Gasteiger partial charge in [-0.2, -0.15) is 0 Å². The van der Waals surface area contributed by atoms with Crippen molar-refractivity contribution in [3.63, 3.8) is 0 Å². The Balaban J connectivity index is 1.83. The molecule has 0 aliphatic carbocycles. The molecule has 0 unspecified atom stereocenters. The van der Waals surface area contributed by atoms with Gasteiger partial charge in [0.1, 0.15) is 0 Å². The Morgan fingerprint density at radius 1 is 1.32 bits per heavy atom.